The molecule has 1 N–H and O–H groups in total. The predicted molar refractivity (Wildman–Crippen MR) is 111 cm³/mol. The van der Waals surface area contributed by atoms with Crippen LogP contribution in [-0.4, -0.2) is 41.7 Å². The summed E-state index contributed by atoms with van der Waals surface area (Å²) in [7, 11) is 1.65. The van der Waals surface area contributed by atoms with Crippen LogP contribution in [0.15, 0.2) is 24.3 Å². The predicted octanol–water partition coefficient (Wildman–Crippen LogP) is 4.12. The van der Waals surface area contributed by atoms with Gasteiger partial charge in [0.25, 0.3) is 0 Å². The second-order valence-electron chi connectivity index (χ2n) is 8.12. The molecular formula is C22H30N2O3S. The van der Waals surface area contributed by atoms with Gasteiger partial charge in [0.1, 0.15) is 28.7 Å². The average molecular weight is 403 g/mol. The molecule has 1 aromatic heterocycles. The molecule has 2 heterocycles. The van der Waals surface area contributed by atoms with Crippen molar-refractivity contribution in [2.45, 2.75) is 51.2 Å². The summed E-state index contributed by atoms with van der Waals surface area (Å²) in [5.74, 6) is 2.52. The van der Waals surface area contributed by atoms with Crippen LogP contribution in [0, 0.1) is 12.8 Å². The Hall–Kier alpha value is -1.63. The first kappa shape index (κ1) is 19.7. The van der Waals surface area contributed by atoms with E-state index in [0.717, 1.165) is 65.3 Å². The summed E-state index contributed by atoms with van der Waals surface area (Å²) in [6.07, 6.45) is 5.35. The maximum atomic E-state index is 11.3. The number of nitrogens with zero attached hydrogens (tertiary/aromatic N) is 2. The first-order chi connectivity index (χ1) is 13.6. The van der Waals surface area contributed by atoms with Gasteiger partial charge in [0.05, 0.1) is 17.7 Å². The number of aliphatic hydroxyl groups is 1. The maximum absolute atomic E-state index is 11.3. The number of likely N-dealkylation sites (tertiary alicyclic amines) is 1. The van der Waals surface area contributed by atoms with E-state index in [1.807, 2.05) is 31.2 Å². The molecule has 28 heavy (non-hydrogen) atoms. The summed E-state index contributed by atoms with van der Waals surface area (Å²) in [6, 6.07) is 7.59. The van der Waals surface area contributed by atoms with Crippen LogP contribution in [0.4, 0.5) is 0 Å². The van der Waals surface area contributed by atoms with E-state index in [9.17, 15) is 5.11 Å². The van der Waals surface area contributed by atoms with Crippen molar-refractivity contribution in [2.75, 3.05) is 26.7 Å². The number of methoxy groups -OCH3 is 1. The highest BCUT2D eigenvalue weighted by Crippen LogP contribution is 2.38. The second-order valence-corrected chi connectivity index (χ2v) is 9.20. The maximum Gasteiger partial charge on any atom is 0.125 e. The summed E-state index contributed by atoms with van der Waals surface area (Å²) in [5, 5.41) is 12.2. The third-order valence-corrected chi connectivity index (χ3v) is 7.16. The van der Waals surface area contributed by atoms with Crippen molar-refractivity contribution in [3.8, 4) is 11.5 Å². The van der Waals surface area contributed by atoms with E-state index in [1.165, 1.54) is 19.4 Å². The van der Waals surface area contributed by atoms with E-state index in [2.05, 4.69) is 4.90 Å². The fraction of sp³-hybridized carbons (Fsp3) is 0.591. The van der Waals surface area contributed by atoms with Crippen molar-refractivity contribution in [3.63, 3.8) is 0 Å². The largest absolute Gasteiger partial charge is 0.497 e. The van der Waals surface area contributed by atoms with E-state index < -0.39 is 5.60 Å². The van der Waals surface area contributed by atoms with Gasteiger partial charge < -0.3 is 19.5 Å². The van der Waals surface area contributed by atoms with Gasteiger partial charge in [0.2, 0.25) is 0 Å². The lowest BCUT2D eigenvalue weighted by Gasteiger charge is -2.24. The topological polar surface area (TPSA) is 54.8 Å². The molecule has 5 nitrogen and oxygen atoms in total. The molecule has 1 atom stereocenters. The molecule has 152 valence electrons. The summed E-state index contributed by atoms with van der Waals surface area (Å²) in [6.45, 7) is 5.74. The van der Waals surface area contributed by atoms with Crippen LogP contribution in [-0.2, 0) is 12.2 Å². The van der Waals surface area contributed by atoms with Crippen molar-refractivity contribution in [3.05, 3.63) is 39.8 Å². The Balaban J connectivity index is 1.39. The lowest BCUT2D eigenvalue weighted by atomic mass is 9.96. The number of benzene rings is 1. The van der Waals surface area contributed by atoms with Crippen LogP contribution in [0.25, 0.3) is 0 Å². The zero-order chi connectivity index (χ0) is 19.6. The number of hydrogen-bond donors (Lipinski definition) is 1. The molecular weight excluding hydrogens is 372 g/mol. The molecule has 2 fully saturated rings. The fourth-order valence-corrected chi connectivity index (χ4v) is 4.94. The minimum Gasteiger partial charge on any atom is -0.497 e. The Kier molecular flexibility index (Phi) is 5.90. The molecule has 2 aliphatic rings. The van der Waals surface area contributed by atoms with E-state index in [4.69, 9.17) is 14.5 Å². The van der Waals surface area contributed by atoms with E-state index in [1.54, 1.807) is 18.4 Å². The van der Waals surface area contributed by atoms with Gasteiger partial charge in [-0.3, -0.25) is 0 Å². The third-order valence-electron chi connectivity index (χ3n) is 5.84. The number of thiazole rings is 1. The Bertz CT molecular complexity index is 788. The smallest absolute Gasteiger partial charge is 0.125 e. The van der Waals surface area contributed by atoms with Crippen molar-refractivity contribution in [2.24, 2.45) is 5.92 Å². The van der Waals surface area contributed by atoms with Crippen LogP contribution >= 0.6 is 11.3 Å². The van der Waals surface area contributed by atoms with Gasteiger partial charge in [-0.1, -0.05) is 0 Å². The number of rotatable bonds is 7. The van der Waals surface area contributed by atoms with Crippen LogP contribution in [0.5, 0.6) is 11.5 Å². The van der Waals surface area contributed by atoms with Crippen molar-refractivity contribution >= 4 is 11.3 Å². The molecule has 0 spiro atoms. The fourth-order valence-electron chi connectivity index (χ4n) is 3.82. The Morgan fingerprint density at radius 1 is 1.18 bits per heavy atom. The summed E-state index contributed by atoms with van der Waals surface area (Å²) >= 11 is 1.60. The Labute approximate surface area is 171 Å². The standard InChI is InChI=1S/C22H30N2O3S/c1-16-20(15-27-19-8-6-18(26-2)7-9-19)28-21(23-16)22(25)10-3-12-24(13-11-22)14-17-4-5-17/h6-9,17,25H,3-5,10-15H2,1-2H3/t22-/m0/s1. The van der Waals surface area contributed by atoms with Gasteiger partial charge in [-0.25, -0.2) is 4.98 Å². The SMILES string of the molecule is COc1ccc(OCc2sc([C@]3(O)CCCN(CC4CC4)CC3)nc2C)cc1. The minimum atomic E-state index is -0.800. The van der Waals surface area contributed by atoms with Crippen LogP contribution in [0.2, 0.25) is 0 Å². The Morgan fingerprint density at radius 2 is 1.93 bits per heavy atom. The summed E-state index contributed by atoms with van der Waals surface area (Å²) < 4.78 is 11.1. The first-order valence-corrected chi connectivity index (χ1v) is 11.1. The Morgan fingerprint density at radius 3 is 2.64 bits per heavy atom. The average Bonchev–Trinajstić information content (AvgIpc) is 3.47. The number of aryl methyl sites for hydroxylation is 1. The van der Waals surface area contributed by atoms with Gasteiger partial charge in [-0.2, -0.15) is 0 Å². The zero-order valence-corrected chi connectivity index (χ0v) is 17.6. The quantitative estimate of drug-likeness (QED) is 0.755. The molecule has 0 amide bonds. The molecule has 1 saturated carbocycles. The van der Waals surface area contributed by atoms with Crippen molar-refractivity contribution in [1.29, 1.82) is 0 Å². The molecule has 0 unspecified atom stereocenters. The normalized spacial score (nSPS) is 23.4. The molecule has 0 bridgehead atoms. The lowest BCUT2D eigenvalue weighted by molar-refractivity contribution is 0.0208. The molecule has 2 aromatic rings. The van der Waals surface area contributed by atoms with Gasteiger partial charge in [-0.05, 0) is 75.8 Å². The lowest BCUT2D eigenvalue weighted by Crippen LogP contribution is -2.30. The van der Waals surface area contributed by atoms with Crippen LogP contribution in [0.3, 0.4) is 0 Å². The number of hydrogen-bond acceptors (Lipinski definition) is 6. The van der Waals surface area contributed by atoms with Gasteiger partial charge >= 0.3 is 0 Å². The molecule has 4 rings (SSSR count). The van der Waals surface area contributed by atoms with E-state index >= 15 is 0 Å². The zero-order valence-electron chi connectivity index (χ0n) is 16.8. The minimum absolute atomic E-state index is 0.472. The van der Waals surface area contributed by atoms with E-state index in [0.29, 0.717) is 6.61 Å². The van der Waals surface area contributed by atoms with Gasteiger partial charge in [0, 0.05) is 13.1 Å². The van der Waals surface area contributed by atoms with E-state index in [-0.39, 0.29) is 0 Å². The van der Waals surface area contributed by atoms with Crippen LogP contribution in [0.1, 0.15) is 47.7 Å². The monoisotopic (exact) mass is 402 g/mol. The molecule has 6 heteroatoms. The van der Waals surface area contributed by atoms with Crippen molar-refractivity contribution in [1.82, 2.24) is 9.88 Å². The molecule has 1 aliphatic carbocycles. The molecule has 0 radical (unpaired) electrons. The highest BCUT2D eigenvalue weighted by atomic mass is 32.1. The van der Waals surface area contributed by atoms with Gasteiger partial charge in [-0.15, -0.1) is 11.3 Å². The van der Waals surface area contributed by atoms with Crippen molar-refractivity contribution < 1.29 is 14.6 Å². The van der Waals surface area contributed by atoms with Gasteiger partial charge in [0.15, 0.2) is 0 Å². The third kappa shape index (κ3) is 4.67. The number of aromatic nitrogens is 1. The first-order valence-electron chi connectivity index (χ1n) is 10.2. The van der Waals surface area contributed by atoms with Crippen LogP contribution < -0.4 is 9.47 Å². The summed E-state index contributed by atoms with van der Waals surface area (Å²) in [5.41, 5.74) is 0.160. The number of ether oxygens (including phenoxy) is 2. The molecule has 1 aromatic carbocycles. The second kappa shape index (κ2) is 8.39. The summed E-state index contributed by atoms with van der Waals surface area (Å²) in [4.78, 5) is 8.35. The molecule has 1 saturated heterocycles. The highest BCUT2D eigenvalue weighted by molar-refractivity contribution is 7.11. The highest BCUT2D eigenvalue weighted by Gasteiger charge is 2.36. The molecule has 1 aliphatic heterocycles.